The van der Waals surface area contributed by atoms with Crippen molar-refractivity contribution in [3.05, 3.63) is 24.0 Å². The molecule has 1 fully saturated rings. The molecule has 1 aliphatic carbocycles. The number of alkyl halides is 3. The number of nitrogens with zero attached hydrogens (tertiary/aromatic N) is 1. The number of anilines is 1. The van der Waals surface area contributed by atoms with Crippen molar-refractivity contribution < 1.29 is 13.2 Å². The third kappa shape index (κ3) is 3.91. The molecule has 0 amide bonds. The SMILES string of the molecule is FC(F)(F)c1cc(NCCCC2CC2)ccn1. The maximum absolute atomic E-state index is 12.4. The molecule has 0 saturated heterocycles. The van der Waals surface area contributed by atoms with Crippen LogP contribution in [0.25, 0.3) is 0 Å². The number of hydrogen-bond acceptors (Lipinski definition) is 2. The molecular formula is C12H15F3N2. The van der Waals surface area contributed by atoms with Gasteiger partial charge in [0.05, 0.1) is 0 Å². The molecule has 0 radical (unpaired) electrons. The fourth-order valence-electron chi connectivity index (χ4n) is 1.73. The van der Waals surface area contributed by atoms with Crippen LogP contribution in [0.2, 0.25) is 0 Å². The molecule has 1 heterocycles. The number of halogens is 3. The van der Waals surface area contributed by atoms with Crippen LogP contribution in [-0.4, -0.2) is 11.5 Å². The fraction of sp³-hybridized carbons (Fsp3) is 0.583. The monoisotopic (exact) mass is 244 g/mol. The first-order valence-corrected chi connectivity index (χ1v) is 5.83. The zero-order valence-electron chi connectivity index (χ0n) is 9.43. The van der Waals surface area contributed by atoms with E-state index in [-0.39, 0.29) is 0 Å². The fourth-order valence-corrected chi connectivity index (χ4v) is 1.73. The van der Waals surface area contributed by atoms with E-state index >= 15 is 0 Å². The van der Waals surface area contributed by atoms with Crippen molar-refractivity contribution >= 4 is 5.69 Å². The molecule has 0 spiro atoms. The molecule has 0 atom stereocenters. The van der Waals surface area contributed by atoms with Gasteiger partial charge in [-0.25, -0.2) is 0 Å². The van der Waals surface area contributed by atoms with Gasteiger partial charge < -0.3 is 5.32 Å². The van der Waals surface area contributed by atoms with Crippen LogP contribution in [0.1, 0.15) is 31.4 Å². The second-order valence-electron chi connectivity index (χ2n) is 4.44. The minimum Gasteiger partial charge on any atom is -0.385 e. The lowest BCUT2D eigenvalue weighted by molar-refractivity contribution is -0.141. The van der Waals surface area contributed by atoms with Crippen LogP contribution in [0.3, 0.4) is 0 Å². The minimum absolute atomic E-state index is 0.489. The smallest absolute Gasteiger partial charge is 0.385 e. The molecule has 5 heteroatoms. The highest BCUT2D eigenvalue weighted by Gasteiger charge is 2.32. The van der Waals surface area contributed by atoms with Gasteiger partial charge in [-0.2, -0.15) is 13.2 Å². The minimum atomic E-state index is -4.37. The Kier molecular flexibility index (Phi) is 3.54. The van der Waals surface area contributed by atoms with E-state index in [9.17, 15) is 13.2 Å². The first kappa shape index (κ1) is 12.2. The molecule has 0 aromatic carbocycles. The van der Waals surface area contributed by atoms with E-state index in [0.717, 1.165) is 24.9 Å². The summed E-state index contributed by atoms with van der Waals surface area (Å²) in [6.45, 7) is 0.720. The van der Waals surface area contributed by atoms with E-state index in [0.29, 0.717) is 5.69 Å². The van der Waals surface area contributed by atoms with Crippen molar-refractivity contribution in [3.8, 4) is 0 Å². The molecule has 2 rings (SSSR count). The molecular weight excluding hydrogens is 229 g/mol. The summed E-state index contributed by atoms with van der Waals surface area (Å²) >= 11 is 0. The molecule has 94 valence electrons. The Morgan fingerprint density at radius 1 is 1.35 bits per heavy atom. The van der Waals surface area contributed by atoms with Crippen LogP contribution in [-0.2, 0) is 6.18 Å². The summed E-state index contributed by atoms with van der Waals surface area (Å²) < 4.78 is 37.1. The van der Waals surface area contributed by atoms with Crippen LogP contribution >= 0.6 is 0 Å². The number of nitrogens with one attached hydrogen (secondary N) is 1. The van der Waals surface area contributed by atoms with Crippen molar-refractivity contribution in [2.24, 2.45) is 5.92 Å². The Morgan fingerprint density at radius 3 is 2.76 bits per heavy atom. The van der Waals surface area contributed by atoms with Gasteiger partial charge in [-0.05, 0) is 30.9 Å². The highest BCUT2D eigenvalue weighted by molar-refractivity contribution is 5.43. The van der Waals surface area contributed by atoms with Gasteiger partial charge in [0.2, 0.25) is 0 Å². The maximum Gasteiger partial charge on any atom is 0.433 e. The average molecular weight is 244 g/mol. The van der Waals surface area contributed by atoms with Crippen molar-refractivity contribution in [2.45, 2.75) is 31.9 Å². The van der Waals surface area contributed by atoms with E-state index in [1.54, 1.807) is 6.07 Å². The van der Waals surface area contributed by atoms with Gasteiger partial charge >= 0.3 is 6.18 Å². The first-order chi connectivity index (χ1) is 8.05. The average Bonchev–Trinajstić information content (AvgIpc) is 3.08. The van der Waals surface area contributed by atoms with Crippen LogP contribution in [0.4, 0.5) is 18.9 Å². The molecule has 0 unspecified atom stereocenters. The van der Waals surface area contributed by atoms with Gasteiger partial charge in [0, 0.05) is 18.4 Å². The van der Waals surface area contributed by atoms with Gasteiger partial charge in [0.25, 0.3) is 0 Å². The van der Waals surface area contributed by atoms with Gasteiger partial charge in [-0.15, -0.1) is 0 Å². The molecule has 17 heavy (non-hydrogen) atoms. The molecule has 2 nitrogen and oxygen atoms in total. The standard InChI is InChI=1S/C12H15F3N2/c13-12(14,15)11-8-10(5-7-17-11)16-6-1-2-9-3-4-9/h5,7-9H,1-4,6H2,(H,16,17). The summed E-state index contributed by atoms with van der Waals surface area (Å²) in [6.07, 6.45) is 1.62. The van der Waals surface area contributed by atoms with Gasteiger partial charge in [0.15, 0.2) is 0 Å². The Hall–Kier alpha value is -1.26. The predicted molar refractivity (Wildman–Crippen MR) is 59.7 cm³/mol. The van der Waals surface area contributed by atoms with Crippen LogP contribution in [0.5, 0.6) is 0 Å². The summed E-state index contributed by atoms with van der Waals surface area (Å²) in [7, 11) is 0. The Bertz CT molecular complexity index is 372. The van der Waals surface area contributed by atoms with E-state index in [2.05, 4.69) is 10.3 Å². The summed E-state index contributed by atoms with van der Waals surface area (Å²) in [5.74, 6) is 0.861. The van der Waals surface area contributed by atoms with Crippen LogP contribution in [0.15, 0.2) is 18.3 Å². The number of rotatable bonds is 5. The van der Waals surface area contributed by atoms with E-state index in [1.165, 1.54) is 25.5 Å². The number of hydrogen-bond donors (Lipinski definition) is 1. The van der Waals surface area contributed by atoms with Crippen molar-refractivity contribution in [3.63, 3.8) is 0 Å². The second kappa shape index (κ2) is 4.94. The van der Waals surface area contributed by atoms with Gasteiger partial charge in [-0.1, -0.05) is 12.8 Å². The Morgan fingerprint density at radius 2 is 2.12 bits per heavy atom. The van der Waals surface area contributed by atoms with Crippen LogP contribution < -0.4 is 5.32 Å². The zero-order chi connectivity index (χ0) is 12.3. The molecule has 1 saturated carbocycles. The topological polar surface area (TPSA) is 24.9 Å². The van der Waals surface area contributed by atoms with Gasteiger partial charge in [0.1, 0.15) is 5.69 Å². The Labute approximate surface area is 98.2 Å². The third-order valence-electron chi connectivity index (χ3n) is 2.87. The molecule has 1 N–H and O–H groups in total. The molecule has 0 aliphatic heterocycles. The molecule has 1 aromatic heterocycles. The largest absolute Gasteiger partial charge is 0.433 e. The summed E-state index contributed by atoms with van der Waals surface area (Å²) in [5.41, 5.74) is -0.354. The van der Waals surface area contributed by atoms with Crippen LogP contribution in [0, 0.1) is 5.92 Å². The quantitative estimate of drug-likeness (QED) is 0.799. The molecule has 0 bridgehead atoms. The lowest BCUT2D eigenvalue weighted by Crippen LogP contribution is -2.09. The van der Waals surface area contributed by atoms with Crippen molar-refractivity contribution in [1.82, 2.24) is 4.98 Å². The van der Waals surface area contributed by atoms with E-state index < -0.39 is 11.9 Å². The number of pyridine rings is 1. The molecule has 1 aliphatic rings. The van der Waals surface area contributed by atoms with E-state index in [4.69, 9.17) is 0 Å². The number of aromatic nitrogens is 1. The normalized spacial score (nSPS) is 15.9. The van der Waals surface area contributed by atoms with Gasteiger partial charge in [-0.3, -0.25) is 4.98 Å². The highest BCUT2D eigenvalue weighted by Crippen LogP contribution is 2.33. The second-order valence-corrected chi connectivity index (χ2v) is 4.44. The third-order valence-corrected chi connectivity index (χ3v) is 2.87. The zero-order valence-corrected chi connectivity index (χ0v) is 9.43. The van der Waals surface area contributed by atoms with Crippen molar-refractivity contribution in [2.75, 3.05) is 11.9 Å². The highest BCUT2D eigenvalue weighted by atomic mass is 19.4. The molecule has 1 aromatic rings. The summed E-state index contributed by atoms with van der Waals surface area (Å²) in [5, 5.41) is 3.00. The lowest BCUT2D eigenvalue weighted by Gasteiger charge is -2.09. The summed E-state index contributed by atoms with van der Waals surface area (Å²) in [6, 6.07) is 2.61. The predicted octanol–water partition coefficient (Wildman–Crippen LogP) is 3.70. The maximum atomic E-state index is 12.4. The Balaban J connectivity index is 1.82. The van der Waals surface area contributed by atoms with Crippen molar-refractivity contribution in [1.29, 1.82) is 0 Å². The van der Waals surface area contributed by atoms with E-state index in [1.807, 2.05) is 0 Å². The summed E-state index contributed by atoms with van der Waals surface area (Å²) in [4.78, 5) is 3.31. The first-order valence-electron chi connectivity index (χ1n) is 5.83. The lowest BCUT2D eigenvalue weighted by atomic mass is 10.2.